The summed E-state index contributed by atoms with van der Waals surface area (Å²) in [5, 5.41) is 7.71. The molecule has 0 unspecified atom stereocenters. The van der Waals surface area contributed by atoms with Crippen molar-refractivity contribution in [2.75, 3.05) is 7.11 Å². The third-order valence-corrected chi connectivity index (χ3v) is 3.25. The van der Waals surface area contributed by atoms with Crippen LogP contribution in [0, 0.1) is 13.8 Å². The number of ketones is 1. The summed E-state index contributed by atoms with van der Waals surface area (Å²) >= 11 is 0. The molecule has 0 aliphatic heterocycles. The minimum atomic E-state index is 0.00461. The topological polar surface area (TPSA) is 95.9 Å². The van der Waals surface area contributed by atoms with Crippen molar-refractivity contribution >= 4 is 5.78 Å². The number of carbonyl (C=O) groups is 1. The van der Waals surface area contributed by atoms with Crippen molar-refractivity contribution in [1.29, 1.82) is 0 Å². The zero-order valence-electron chi connectivity index (χ0n) is 12.5. The highest BCUT2D eigenvalue weighted by Gasteiger charge is 2.13. The highest BCUT2D eigenvalue weighted by molar-refractivity contribution is 5.80. The number of hydrogen-bond acceptors (Lipinski definition) is 6. The molecule has 2 rings (SSSR count). The van der Waals surface area contributed by atoms with Gasteiger partial charge in [-0.15, -0.1) is 5.10 Å². The maximum absolute atomic E-state index is 12.1. The minimum absolute atomic E-state index is 0.00461. The molecule has 2 heterocycles. The average molecular weight is 289 g/mol. The Balaban J connectivity index is 2.09. The number of nitrogens with two attached hydrogens (primary N) is 1. The second-order valence-corrected chi connectivity index (χ2v) is 4.87. The van der Waals surface area contributed by atoms with Gasteiger partial charge >= 0.3 is 0 Å². The molecule has 2 aromatic rings. The lowest BCUT2D eigenvalue weighted by Gasteiger charge is -2.11. The first-order valence-electron chi connectivity index (χ1n) is 6.65. The summed E-state index contributed by atoms with van der Waals surface area (Å²) in [4.78, 5) is 16.4. The van der Waals surface area contributed by atoms with Gasteiger partial charge in [-0.2, -0.15) is 0 Å². The van der Waals surface area contributed by atoms with Crippen LogP contribution in [0.5, 0.6) is 5.75 Å². The number of carbonyl (C=O) groups excluding carboxylic acids is 1. The fraction of sp³-hybridized carbons (Fsp3) is 0.429. The van der Waals surface area contributed by atoms with E-state index in [1.807, 2.05) is 13.8 Å². The Labute approximate surface area is 123 Å². The first-order valence-corrected chi connectivity index (χ1v) is 6.65. The Morgan fingerprint density at radius 1 is 1.43 bits per heavy atom. The number of nitrogens with zero attached hydrogens (tertiary/aromatic N) is 4. The second-order valence-electron chi connectivity index (χ2n) is 4.87. The molecular formula is C14H19N5O2. The molecule has 0 fully saturated rings. The van der Waals surface area contributed by atoms with Crippen molar-refractivity contribution in [3.8, 4) is 5.75 Å². The fourth-order valence-electron chi connectivity index (χ4n) is 2.18. The van der Waals surface area contributed by atoms with E-state index in [-0.39, 0.29) is 18.7 Å². The van der Waals surface area contributed by atoms with Crippen LogP contribution in [0.15, 0.2) is 12.4 Å². The van der Waals surface area contributed by atoms with Gasteiger partial charge in [0, 0.05) is 23.9 Å². The monoisotopic (exact) mass is 289 g/mol. The van der Waals surface area contributed by atoms with Gasteiger partial charge in [-0.25, -0.2) is 4.68 Å². The van der Waals surface area contributed by atoms with Crippen molar-refractivity contribution in [2.24, 2.45) is 5.73 Å². The second kappa shape index (κ2) is 6.45. The van der Waals surface area contributed by atoms with Gasteiger partial charge in [0.05, 0.1) is 31.1 Å². The zero-order chi connectivity index (χ0) is 15.4. The molecular weight excluding hydrogens is 270 g/mol. The molecule has 112 valence electrons. The summed E-state index contributed by atoms with van der Waals surface area (Å²) in [7, 11) is 1.62. The van der Waals surface area contributed by atoms with Crippen LogP contribution in [0.1, 0.15) is 22.5 Å². The summed E-state index contributed by atoms with van der Waals surface area (Å²) in [5.74, 6) is 0.781. The highest BCUT2D eigenvalue weighted by atomic mass is 16.5. The minimum Gasteiger partial charge on any atom is -0.496 e. The van der Waals surface area contributed by atoms with Crippen molar-refractivity contribution < 1.29 is 9.53 Å². The predicted molar refractivity (Wildman–Crippen MR) is 76.9 cm³/mol. The Kier molecular flexibility index (Phi) is 4.64. The average Bonchev–Trinajstić information content (AvgIpc) is 2.90. The molecule has 0 aromatic carbocycles. The van der Waals surface area contributed by atoms with E-state index in [0.717, 1.165) is 22.6 Å². The summed E-state index contributed by atoms with van der Waals surface area (Å²) in [5.41, 5.74) is 8.69. The van der Waals surface area contributed by atoms with Crippen LogP contribution < -0.4 is 10.5 Å². The molecule has 7 nitrogen and oxygen atoms in total. The lowest BCUT2D eigenvalue weighted by atomic mass is 10.1. The number of ether oxygens (including phenoxy) is 1. The molecule has 0 radical (unpaired) electrons. The number of aryl methyl sites for hydroxylation is 1. The maximum atomic E-state index is 12.1. The van der Waals surface area contributed by atoms with Crippen molar-refractivity contribution in [3.63, 3.8) is 0 Å². The van der Waals surface area contributed by atoms with Gasteiger partial charge in [0.25, 0.3) is 0 Å². The number of methoxy groups -OCH3 is 1. The summed E-state index contributed by atoms with van der Waals surface area (Å²) in [6, 6.07) is 0. The predicted octanol–water partition coefficient (Wildman–Crippen LogP) is 0.569. The van der Waals surface area contributed by atoms with E-state index in [1.54, 1.807) is 19.5 Å². The number of aromatic nitrogens is 4. The third kappa shape index (κ3) is 3.43. The Morgan fingerprint density at radius 2 is 2.19 bits per heavy atom. The maximum Gasteiger partial charge on any atom is 0.160 e. The summed E-state index contributed by atoms with van der Waals surface area (Å²) in [6.45, 7) is 4.30. The first-order chi connectivity index (χ1) is 10.0. The van der Waals surface area contributed by atoms with Crippen LogP contribution >= 0.6 is 0 Å². The van der Waals surface area contributed by atoms with Crippen molar-refractivity contribution in [1.82, 2.24) is 20.0 Å². The van der Waals surface area contributed by atoms with Crippen LogP contribution in [0.3, 0.4) is 0 Å². The summed E-state index contributed by atoms with van der Waals surface area (Å²) < 4.78 is 6.83. The molecule has 2 N–H and O–H groups in total. The van der Waals surface area contributed by atoms with Crippen molar-refractivity contribution in [3.05, 3.63) is 34.9 Å². The largest absolute Gasteiger partial charge is 0.496 e. The summed E-state index contributed by atoms with van der Waals surface area (Å²) in [6.07, 6.45) is 3.63. The number of Topliss-reactive ketones (excluding diaryl/α,β-unsaturated/α-hetero) is 1. The van der Waals surface area contributed by atoms with E-state index >= 15 is 0 Å². The molecule has 0 saturated carbocycles. The van der Waals surface area contributed by atoms with Gasteiger partial charge < -0.3 is 10.5 Å². The molecule has 0 aliphatic carbocycles. The Bertz CT molecular complexity index is 651. The van der Waals surface area contributed by atoms with E-state index in [0.29, 0.717) is 12.2 Å². The molecule has 7 heteroatoms. The zero-order valence-corrected chi connectivity index (χ0v) is 12.5. The van der Waals surface area contributed by atoms with Crippen molar-refractivity contribution in [2.45, 2.75) is 33.4 Å². The van der Waals surface area contributed by atoms with Gasteiger partial charge in [0.1, 0.15) is 12.3 Å². The highest BCUT2D eigenvalue weighted by Crippen LogP contribution is 2.24. The van der Waals surface area contributed by atoms with Crippen LogP contribution in [-0.2, 0) is 24.3 Å². The quantitative estimate of drug-likeness (QED) is 0.835. The van der Waals surface area contributed by atoms with Gasteiger partial charge in [0.15, 0.2) is 5.78 Å². The van der Waals surface area contributed by atoms with Gasteiger partial charge in [0.2, 0.25) is 0 Å². The van der Waals surface area contributed by atoms with E-state index in [9.17, 15) is 4.79 Å². The van der Waals surface area contributed by atoms with E-state index in [1.165, 1.54) is 4.68 Å². The van der Waals surface area contributed by atoms with Gasteiger partial charge in [-0.1, -0.05) is 5.21 Å². The Morgan fingerprint density at radius 3 is 2.81 bits per heavy atom. The van der Waals surface area contributed by atoms with Crippen LogP contribution in [0.4, 0.5) is 0 Å². The smallest absolute Gasteiger partial charge is 0.160 e. The van der Waals surface area contributed by atoms with Crippen LogP contribution in [0.2, 0.25) is 0 Å². The third-order valence-electron chi connectivity index (χ3n) is 3.25. The molecule has 21 heavy (non-hydrogen) atoms. The molecule has 0 spiro atoms. The molecule has 2 aromatic heterocycles. The lowest BCUT2D eigenvalue weighted by Crippen LogP contribution is -2.15. The molecule has 0 atom stereocenters. The van der Waals surface area contributed by atoms with Crippen LogP contribution in [-0.4, -0.2) is 32.9 Å². The Hall–Kier alpha value is -2.28. The lowest BCUT2D eigenvalue weighted by molar-refractivity contribution is -0.119. The molecule has 0 bridgehead atoms. The normalized spacial score (nSPS) is 10.7. The number of pyridine rings is 1. The molecule has 0 saturated heterocycles. The van der Waals surface area contributed by atoms with E-state index in [2.05, 4.69) is 15.3 Å². The standard InChI is InChI=1S/C14H19N5O2/c1-9-6-16-13(10(2)14(9)21-3)4-12(20)8-19-7-11(5-15)17-18-19/h6-7H,4-5,8,15H2,1-3H3. The first kappa shape index (κ1) is 15.1. The molecule has 0 aliphatic rings. The van der Waals surface area contributed by atoms with E-state index < -0.39 is 0 Å². The van der Waals surface area contributed by atoms with Gasteiger partial charge in [-0.05, 0) is 13.8 Å². The fourth-order valence-corrected chi connectivity index (χ4v) is 2.18. The van der Waals surface area contributed by atoms with E-state index in [4.69, 9.17) is 10.5 Å². The number of rotatable bonds is 6. The van der Waals surface area contributed by atoms with Gasteiger partial charge in [-0.3, -0.25) is 9.78 Å². The number of hydrogen-bond donors (Lipinski definition) is 1. The van der Waals surface area contributed by atoms with Crippen LogP contribution in [0.25, 0.3) is 0 Å². The molecule has 0 amide bonds. The SMILES string of the molecule is COc1c(C)cnc(CC(=O)Cn2cc(CN)nn2)c1C.